The molecule has 1 aromatic heterocycles. The molecule has 2 heterocycles. The average molecular weight is 317 g/mol. The van der Waals surface area contributed by atoms with Gasteiger partial charge in [0.25, 0.3) is 0 Å². The van der Waals surface area contributed by atoms with Crippen LogP contribution >= 0.6 is 0 Å². The predicted molar refractivity (Wildman–Crippen MR) is 87.0 cm³/mol. The number of rotatable bonds is 5. The molecule has 0 aliphatic carbocycles. The van der Waals surface area contributed by atoms with Gasteiger partial charge in [-0.3, -0.25) is 9.69 Å². The summed E-state index contributed by atoms with van der Waals surface area (Å²) in [6.45, 7) is 5.54. The van der Waals surface area contributed by atoms with Crippen LogP contribution in [0.15, 0.2) is 28.7 Å². The maximum absolute atomic E-state index is 12.3. The molecule has 0 saturated carbocycles. The third-order valence-corrected chi connectivity index (χ3v) is 4.14. The first-order valence-corrected chi connectivity index (χ1v) is 8.14. The van der Waals surface area contributed by atoms with E-state index in [1.165, 1.54) is 0 Å². The van der Waals surface area contributed by atoms with Crippen LogP contribution in [0.2, 0.25) is 0 Å². The lowest BCUT2D eigenvalue weighted by molar-refractivity contribution is -0.133. The van der Waals surface area contributed by atoms with Gasteiger partial charge in [-0.15, -0.1) is 0 Å². The second-order valence-electron chi connectivity index (χ2n) is 6.11. The molecule has 1 fully saturated rings. The number of piperazine rings is 1. The van der Waals surface area contributed by atoms with Crippen LogP contribution in [0.3, 0.4) is 0 Å². The Morgan fingerprint density at radius 1 is 1.30 bits per heavy atom. The zero-order valence-corrected chi connectivity index (χ0v) is 13.4. The van der Waals surface area contributed by atoms with E-state index in [4.69, 9.17) is 4.42 Å². The molecule has 23 heavy (non-hydrogen) atoms. The topological polar surface area (TPSA) is 69.8 Å². The second-order valence-corrected chi connectivity index (χ2v) is 6.11. The standard InChI is InChI=1S/C17H23N3O3/c1-13(21)12-19-8-10-20(11-9-19)17(22)7-6-16-18-14-4-2-3-5-15(14)23-16/h2-5,13,21H,6-12H2,1H3/t13-/m1/s1. The number of fused-ring (bicyclic) bond motifs is 1. The molecular weight excluding hydrogens is 294 g/mol. The van der Waals surface area contributed by atoms with Gasteiger partial charge in [0.15, 0.2) is 11.5 Å². The van der Waals surface area contributed by atoms with Gasteiger partial charge in [-0.05, 0) is 19.1 Å². The molecule has 1 aromatic carbocycles. The monoisotopic (exact) mass is 317 g/mol. The van der Waals surface area contributed by atoms with Crippen molar-refractivity contribution >= 4 is 17.0 Å². The van der Waals surface area contributed by atoms with Crippen molar-refractivity contribution in [1.29, 1.82) is 0 Å². The molecule has 2 aromatic rings. The van der Waals surface area contributed by atoms with Crippen LogP contribution in [0, 0.1) is 0 Å². The Bertz CT molecular complexity index is 627. The first kappa shape index (κ1) is 16.0. The Kier molecular flexibility index (Phi) is 4.93. The number of nitrogens with zero attached hydrogens (tertiary/aromatic N) is 3. The molecule has 0 unspecified atom stereocenters. The van der Waals surface area contributed by atoms with Gasteiger partial charge in [0.1, 0.15) is 5.52 Å². The number of amides is 1. The van der Waals surface area contributed by atoms with Crippen molar-refractivity contribution in [2.24, 2.45) is 0 Å². The van der Waals surface area contributed by atoms with Crippen molar-refractivity contribution in [2.75, 3.05) is 32.7 Å². The summed E-state index contributed by atoms with van der Waals surface area (Å²) in [7, 11) is 0. The lowest BCUT2D eigenvalue weighted by Crippen LogP contribution is -2.50. The summed E-state index contributed by atoms with van der Waals surface area (Å²) in [5.41, 5.74) is 1.60. The zero-order valence-electron chi connectivity index (χ0n) is 13.4. The smallest absolute Gasteiger partial charge is 0.223 e. The lowest BCUT2D eigenvalue weighted by atomic mass is 10.2. The van der Waals surface area contributed by atoms with E-state index in [2.05, 4.69) is 9.88 Å². The molecule has 1 aliphatic heterocycles. The zero-order chi connectivity index (χ0) is 16.2. The van der Waals surface area contributed by atoms with E-state index < -0.39 is 0 Å². The summed E-state index contributed by atoms with van der Waals surface area (Å²) in [6, 6.07) is 7.63. The number of aryl methyl sites for hydroxylation is 1. The highest BCUT2D eigenvalue weighted by Gasteiger charge is 2.21. The van der Waals surface area contributed by atoms with Crippen molar-refractivity contribution < 1.29 is 14.3 Å². The van der Waals surface area contributed by atoms with Gasteiger partial charge in [0.05, 0.1) is 6.10 Å². The molecule has 6 nitrogen and oxygen atoms in total. The highest BCUT2D eigenvalue weighted by molar-refractivity contribution is 5.77. The summed E-state index contributed by atoms with van der Waals surface area (Å²) in [5, 5.41) is 9.41. The molecule has 6 heteroatoms. The SMILES string of the molecule is C[C@@H](O)CN1CCN(C(=O)CCc2nc3ccccc3o2)CC1. The number of β-amino-alcohol motifs (C(OH)–C–C–N with tert-alkyl or cyclic N) is 1. The average Bonchev–Trinajstić information content (AvgIpc) is 2.95. The molecule has 3 rings (SSSR count). The number of aliphatic hydroxyl groups excluding tert-OH is 1. The van der Waals surface area contributed by atoms with Gasteiger partial charge in [0, 0.05) is 45.6 Å². The minimum absolute atomic E-state index is 0.143. The van der Waals surface area contributed by atoms with Crippen molar-refractivity contribution in [3.63, 3.8) is 0 Å². The van der Waals surface area contributed by atoms with Crippen LogP contribution in [0.25, 0.3) is 11.1 Å². The van der Waals surface area contributed by atoms with Crippen LogP contribution in [0.1, 0.15) is 19.2 Å². The maximum atomic E-state index is 12.3. The lowest BCUT2D eigenvalue weighted by Gasteiger charge is -2.35. The minimum Gasteiger partial charge on any atom is -0.441 e. The van der Waals surface area contributed by atoms with E-state index in [1.807, 2.05) is 29.2 Å². The first-order chi connectivity index (χ1) is 11.1. The summed E-state index contributed by atoms with van der Waals surface area (Å²) < 4.78 is 5.65. The number of carbonyl (C=O) groups excluding carboxylic acids is 1. The van der Waals surface area contributed by atoms with E-state index in [0.717, 1.165) is 37.3 Å². The van der Waals surface area contributed by atoms with E-state index in [1.54, 1.807) is 6.92 Å². The number of aliphatic hydroxyl groups is 1. The van der Waals surface area contributed by atoms with Gasteiger partial charge >= 0.3 is 0 Å². The fourth-order valence-electron chi connectivity index (χ4n) is 2.95. The largest absolute Gasteiger partial charge is 0.441 e. The molecule has 0 bridgehead atoms. The van der Waals surface area contributed by atoms with Crippen molar-refractivity contribution in [1.82, 2.24) is 14.8 Å². The summed E-state index contributed by atoms with van der Waals surface area (Å²) in [4.78, 5) is 20.8. The molecule has 1 atom stereocenters. The van der Waals surface area contributed by atoms with Crippen molar-refractivity contribution in [2.45, 2.75) is 25.9 Å². The third-order valence-electron chi connectivity index (χ3n) is 4.14. The molecule has 0 radical (unpaired) electrons. The molecular formula is C17H23N3O3. The van der Waals surface area contributed by atoms with Crippen LogP contribution in [0.5, 0.6) is 0 Å². The second kappa shape index (κ2) is 7.10. The van der Waals surface area contributed by atoms with Gasteiger partial charge in [0.2, 0.25) is 5.91 Å². The fraction of sp³-hybridized carbons (Fsp3) is 0.529. The number of para-hydroxylation sites is 2. The first-order valence-electron chi connectivity index (χ1n) is 8.14. The molecule has 1 aliphatic rings. The fourth-order valence-corrected chi connectivity index (χ4v) is 2.95. The summed E-state index contributed by atoms with van der Waals surface area (Å²) in [6.07, 6.45) is 0.626. The molecule has 1 saturated heterocycles. The minimum atomic E-state index is -0.323. The van der Waals surface area contributed by atoms with Gasteiger partial charge in [-0.25, -0.2) is 4.98 Å². The van der Waals surface area contributed by atoms with Crippen LogP contribution < -0.4 is 0 Å². The number of hydrogen-bond donors (Lipinski definition) is 1. The number of oxazole rings is 1. The third kappa shape index (κ3) is 4.09. The predicted octanol–water partition coefficient (Wildman–Crippen LogP) is 1.29. The number of aromatic nitrogens is 1. The highest BCUT2D eigenvalue weighted by Crippen LogP contribution is 2.16. The van der Waals surface area contributed by atoms with Crippen molar-refractivity contribution in [3.8, 4) is 0 Å². The van der Waals surface area contributed by atoms with Crippen molar-refractivity contribution in [3.05, 3.63) is 30.2 Å². The quantitative estimate of drug-likeness (QED) is 0.900. The van der Waals surface area contributed by atoms with Gasteiger partial charge in [-0.1, -0.05) is 12.1 Å². The number of benzene rings is 1. The van der Waals surface area contributed by atoms with Crippen LogP contribution in [0.4, 0.5) is 0 Å². The van der Waals surface area contributed by atoms with E-state index in [0.29, 0.717) is 25.3 Å². The van der Waals surface area contributed by atoms with Gasteiger partial charge in [-0.2, -0.15) is 0 Å². The van der Waals surface area contributed by atoms with Gasteiger partial charge < -0.3 is 14.4 Å². The maximum Gasteiger partial charge on any atom is 0.223 e. The van der Waals surface area contributed by atoms with E-state index in [-0.39, 0.29) is 12.0 Å². The van der Waals surface area contributed by atoms with Crippen LogP contribution in [-0.4, -0.2) is 64.6 Å². The Morgan fingerprint density at radius 2 is 2.04 bits per heavy atom. The normalized spacial score (nSPS) is 17.6. The summed E-state index contributed by atoms with van der Waals surface area (Å²) in [5.74, 6) is 0.760. The van der Waals surface area contributed by atoms with E-state index in [9.17, 15) is 9.90 Å². The Morgan fingerprint density at radius 3 is 2.74 bits per heavy atom. The Balaban J connectivity index is 1.48. The molecule has 1 N–H and O–H groups in total. The Labute approximate surface area is 135 Å². The number of hydrogen-bond acceptors (Lipinski definition) is 5. The molecule has 0 spiro atoms. The molecule has 1 amide bonds. The van der Waals surface area contributed by atoms with Crippen LogP contribution in [-0.2, 0) is 11.2 Å². The highest BCUT2D eigenvalue weighted by atomic mass is 16.3. The Hall–Kier alpha value is -1.92. The number of carbonyl (C=O) groups is 1. The van der Waals surface area contributed by atoms with E-state index >= 15 is 0 Å². The molecule has 124 valence electrons. The summed E-state index contributed by atoms with van der Waals surface area (Å²) >= 11 is 0.